The summed E-state index contributed by atoms with van der Waals surface area (Å²) in [5.41, 5.74) is 3.21. The van der Waals surface area contributed by atoms with E-state index in [4.69, 9.17) is 0 Å². The van der Waals surface area contributed by atoms with E-state index in [1.54, 1.807) is 27.8 Å². The van der Waals surface area contributed by atoms with Crippen LogP contribution in [0.3, 0.4) is 0 Å². The quantitative estimate of drug-likeness (QED) is 0.801. The molecule has 24 heavy (non-hydrogen) atoms. The van der Waals surface area contributed by atoms with Crippen molar-refractivity contribution in [1.82, 2.24) is 14.8 Å². The van der Waals surface area contributed by atoms with Gasteiger partial charge in [-0.15, -0.1) is 11.3 Å². The number of fused-ring (bicyclic) bond motifs is 2. The average Bonchev–Trinajstić information content (AvgIpc) is 3.20. The number of piperidine rings is 1. The summed E-state index contributed by atoms with van der Waals surface area (Å²) in [4.78, 5) is 33.1. The standard InChI is InChI=1S/C17H20N4O2S/c1-20-6-4-11-9-21(7-5-14(11)20)17(23)16(22)19-12-2-3-15-13(8-12)18-10-24-15/h2-3,8,10-11,14H,4-7,9H2,1H3,(H,19,22). The highest BCUT2D eigenvalue weighted by molar-refractivity contribution is 7.16. The van der Waals surface area contributed by atoms with Crippen LogP contribution in [0.1, 0.15) is 12.8 Å². The SMILES string of the molecule is CN1CCC2CN(C(=O)C(=O)Nc3ccc4scnc4c3)CCC21. The lowest BCUT2D eigenvalue weighted by atomic mass is 9.93. The van der Waals surface area contributed by atoms with Gasteiger partial charge in [0.1, 0.15) is 0 Å². The number of hydrogen-bond acceptors (Lipinski definition) is 5. The number of anilines is 1. The smallest absolute Gasteiger partial charge is 0.313 e. The predicted octanol–water partition coefficient (Wildman–Crippen LogP) is 1.79. The molecule has 0 spiro atoms. The summed E-state index contributed by atoms with van der Waals surface area (Å²) in [5.74, 6) is -0.498. The zero-order valence-electron chi connectivity index (χ0n) is 13.6. The fourth-order valence-electron chi connectivity index (χ4n) is 3.87. The Hall–Kier alpha value is -1.99. The maximum atomic E-state index is 12.5. The lowest BCUT2D eigenvalue weighted by molar-refractivity contribution is -0.144. The largest absolute Gasteiger partial charge is 0.334 e. The first-order valence-electron chi connectivity index (χ1n) is 8.25. The van der Waals surface area contributed by atoms with Crippen molar-refractivity contribution in [2.75, 3.05) is 32.0 Å². The molecule has 0 aliphatic carbocycles. The van der Waals surface area contributed by atoms with Crippen LogP contribution in [0, 0.1) is 5.92 Å². The van der Waals surface area contributed by atoms with Gasteiger partial charge in [0.25, 0.3) is 0 Å². The molecule has 3 heterocycles. The van der Waals surface area contributed by atoms with Gasteiger partial charge in [0.2, 0.25) is 0 Å². The first-order valence-corrected chi connectivity index (χ1v) is 9.13. The van der Waals surface area contributed by atoms with Crippen LogP contribution in [0.15, 0.2) is 23.7 Å². The molecular weight excluding hydrogens is 324 g/mol. The highest BCUT2D eigenvalue weighted by atomic mass is 32.1. The Balaban J connectivity index is 1.41. The third-order valence-corrected chi connectivity index (χ3v) is 5.99. The number of rotatable bonds is 1. The number of nitrogens with one attached hydrogen (secondary N) is 1. The fourth-order valence-corrected chi connectivity index (χ4v) is 4.53. The molecule has 1 N–H and O–H groups in total. The molecular formula is C17H20N4O2S. The zero-order chi connectivity index (χ0) is 16.7. The van der Waals surface area contributed by atoms with Crippen LogP contribution in [0.2, 0.25) is 0 Å². The van der Waals surface area contributed by atoms with Crippen LogP contribution in [0.5, 0.6) is 0 Å². The Morgan fingerprint density at radius 2 is 2.17 bits per heavy atom. The molecule has 1 aromatic heterocycles. The summed E-state index contributed by atoms with van der Waals surface area (Å²) in [6.45, 7) is 2.42. The molecule has 0 bridgehead atoms. The number of carbonyl (C=O) groups is 2. The highest BCUT2D eigenvalue weighted by Crippen LogP contribution is 2.30. The second kappa shape index (κ2) is 6.14. The maximum absolute atomic E-state index is 12.5. The molecule has 0 saturated carbocycles. The van der Waals surface area contributed by atoms with Gasteiger partial charge in [-0.25, -0.2) is 4.98 Å². The zero-order valence-corrected chi connectivity index (χ0v) is 14.4. The molecule has 126 valence electrons. The number of aromatic nitrogens is 1. The minimum Gasteiger partial charge on any atom is -0.334 e. The van der Waals surface area contributed by atoms with Crippen molar-refractivity contribution in [2.24, 2.45) is 5.92 Å². The van der Waals surface area contributed by atoms with Crippen molar-refractivity contribution < 1.29 is 9.59 Å². The van der Waals surface area contributed by atoms with Crippen molar-refractivity contribution in [3.8, 4) is 0 Å². The van der Waals surface area contributed by atoms with E-state index in [0.717, 1.165) is 29.6 Å². The molecule has 2 amide bonds. The topological polar surface area (TPSA) is 65.5 Å². The molecule has 2 aliphatic rings. The molecule has 0 radical (unpaired) electrons. The van der Waals surface area contributed by atoms with Gasteiger partial charge in [0, 0.05) is 24.8 Å². The van der Waals surface area contributed by atoms with Gasteiger partial charge in [-0.3, -0.25) is 9.59 Å². The Labute approximate surface area is 144 Å². The minimum absolute atomic E-state index is 0.429. The van der Waals surface area contributed by atoms with Gasteiger partial charge < -0.3 is 15.1 Å². The lowest BCUT2D eigenvalue weighted by Crippen LogP contribution is -2.50. The number of likely N-dealkylation sites (tertiary alicyclic amines) is 2. The summed E-state index contributed by atoms with van der Waals surface area (Å²) >= 11 is 1.55. The van der Waals surface area contributed by atoms with Crippen LogP contribution >= 0.6 is 11.3 Å². The average molecular weight is 344 g/mol. The van der Waals surface area contributed by atoms with Crippen LogP contribution in [-0.4, -0.2) is 59.3 Å². The van der Waals surface area contributed by atoms with E-state index < -0.39 is 11.8 Å². The fraction of sp³-hybridized carbons (Fsp3) is 0.471. The summed E-state index contributed by atoms with van der Waals surface area (Å²) < 4.78 is 1.06. The number of benzene rings is 1. The third kappa shape index (κ3) is 2.78. The number of carbonyl (C=O) groups excluding carboxylic acids is 2. The van der Waals surface area contributed by atoms with Crippen molar-refractivity contribution in [2.45, 2.75) is 18.9 Å². The number of hydrogen-bond donors (Lipinski definition) is 1. The number of thiazole rings is 1. The van der Waals surface area contributed by atoms with Crippen molar-refractivity contribution in [1.29, 1.82) is 0 Å². The van der Waals surface area contributed by atoms with E-state index in [9.17, 15) is 9.59 Å². The van der Waals surface area contributed by atoms with E-state index >= 15 is 0 Å². The molecule has 2 fully saturated rings. The Morgan fingerprint density at radius 1 is 1.29 bits per heavy atom. The van der Waals surface area contributed by atoms with E-state index in [2.05, 4.69) is 22.2 Å². The molecule has 2 aliphatic heterocycles. The molecule has 7 heteroatoms. The van der Waals surface area contributed by atoms with E-state index in [1.165, 1.54) is 0 Å². The number of amides is 2. The van der Waals surface area contributed by atoms with Crippen LogP contribution in [0.25, 0.3) is 10.2 Å². The van der Waals surface area contributed by atoms with Crippen molar-refractivity contribution >= 4 is 39.1 Å². The second-order valence-corrected chi connectivity index (χ2v) is 7.51. The van der Waals surface area contributed by atoms with Crippen LogP contribution in [-0.2, 0) is 9.59 Å². The van der Waals surface area contributed by atoms with E-state index in [1.807, 2.05) is 12.1 Å². The lowest BCUT2D eigenvalue weighted by Gasteiger charge is -2.36. The molecule has 2 unspecified atom stereocenters. The van der Waals surface area contributed by atoms with Gasteiger partial charge in [0.05, 0.1) is 15.7 Å². The molecule has 2 saturated heterocycles. The Bertz CT molecular complexity index is 790. The highest BCUT2D eigenvalue weighted by Gasteiger charge is 2.38. The second-order valence-electron chi connectivity index (χ2n) is 6.63. The van der Waals surface area contributed by atoms with E-state index in [0.29, 0.717) is 30.7 Å². The Kier molecular flexibility index (Phi) is 3.97. The van der Waals surface area contributed by atoms with E-state index in [-0.39, 0.29) is 0 Å². The van der Waals surface area contributed by atoms with Crippen LogP contribution < -0.4 is 5.32 Å². The molecule has 2 atom stereocenters. The maximum Gasteiger partial charge on any atom is 0.313 e. The van der Waals surface area contributed by atoms with Gasteiger partial charge in [-0.1, -0.05) is 0 Å². The molecule has 1 aromatic carbocycles. The first-order chi connectivity index (χ1) is 11.6. The monoisotopic (exact) mass is 344 g/mol. The summed E-state index contributed by atoms with van der Waals surface area (Å²) in [6.07, 6.45) is 2.05. The summed E-state index contributed by atoms with van der Waals surface area (Å²) in [6, 6.07) is 6.08. The third-order valence-electron chi connectivity index (χ3n) is 5.18. The van der Waals surface area contributed by atoms with Gasteiger partial charge >= 0.3 is 11.8 Å². The van der Waals surface area contributed by atoms with Gasteiger partial charge in [0.15, 0.2) is 0 Å². The van der Waals surface area contributed by atoms with Gasteiger partial charge in [-0.05, 0) is 50.6 Å². The van der Waals surface area contributed by atoms with Gasteiger partial charge in [-0.2, -0.15) is 0 Å². The normalized spacial score (nSPS) is 24.1. The molecule has 4 rings (SSSR count). The predicted molar refractivity (Wildman–Crippen MR) is 94.0 cm³/mol. The first kappa shape index (κ1) is 15.5. The van der Waals surface area contributed by atoms with Crippen molar-refractivity contribution in [3.63, 3.8) is 0 Å². The summed E-state index contributed by atoms with van der Waals surface area (Å²) in [5, 5.41) is 2.71. The van der Waals surface area contributed by atoms with Crippen LogP contribution in [0.4, 0.5) is 5.69 Å². The minimum atomic E-state index is -0.561. The molecule has 2 aromatic rings. The van der Waals surface area contributed by atoms with Crippen molar-refractivity contribution in [3.05, 3.63) is 23.7 Å². The summed E-state index contributed by atoms with van der Waals surface area (Å²) in [7, 11) is 2.14. The number of nitrogens with zero attached hydrogens (tertiary/aromatic N) is 3. The molecule has 6 nitrogen and oxygen atoms in total. The Morgan fingerprint density at radius 3 is 3.04 bits per heavy atom.